The third-order valence-corrected chi connectivity index (χ3v) is 3.64. The molecule has 0 N–H and O–H groups in total. The van der Waals surface area contributed by atoms with E-state index in [0.29, 0.717) is 11.1 Å². The topological polar surface area (TPSA) is 105 Å². The summed E-state index contributed by atoms with van der Waals surface area (Å²) in [6.07, 6.45) is -2.12. The first-order chi connectivity index (χ1) is 13.1. The molecule has 0 fully saturated rings. The second-order valence-corrected chi connectivity index (χ2v) is 5.68. The Labute approximate surface area is 162 Å². The Balaban J connectivity index is 3.25. The zero-order chi connectivity index (χ0) is 21.4. The van der Waals surface area contributed by atoms with Gasteiger partial charge >= 0.3 is 23.9 Å². The quantitative estimate of drug-likeness (QED) is 0.378. The van der Waals surface area contributed by atoms with Gasteiger partial charge in [-0.2, -0.15) is 0 Å². The average molecular weight is 390 g/mol. The summed E-state index contributed by atoms with van der Waals surface area (Å²) in [7, 11) is 2.37. The fraction of sp³-hybridized carbons (Fsp3) is 0.300. The van der Waals surface area contributed by atoms with E-state index in [1.807, 2.05) is 0 Å². The van der Waals surface area contributed by atoms with Crippen LogP contribution in [-0.2, 0) is 38.1 Å². The minimum Gasteiger partial charge on any atom is -0.466 e. The Bertz CT molecular complexity index is 724. The standard InChI is InChI=1S/C20H22O8/c1-11(19(23)25-5)17(27-13(3)21)15-7-9-16(10-8-15)18(28-14(4)22)12(2)20(24)26-6/h7-10,17-18H,1-2H2,3-6H3. The van der Waals surface area contributed by atoms with Crippen molar-refractivity contribution in [2.45, 2.75) is 26.1 Å². The molecule has 0 aliphatic rings. The molecule has 150 valence electrons. The number of esters is 4. The summed E-state index contributed by atoms with van der Waals surface area (Å²) in [6.45, 7) is 9.63. The van der Waals surface area contributed by atoms with E-state index in [-0.39, 0.29) is 11.1 Å². The van der Waals surface area contributed by atoms with Crippen LogP contribution in [0.4, 0.5) is 0 Å². The Morgan fingerprint density at radius 3 is 1.21 bits per heavy atom. The molecule has 0 amide bonds. The fourth-order valence-corrected chi connectivity index (χ4v) is 2.33. The van der Waals surface area contributed by atoms with Crippen LogP contribution in [-0.4, -0.2) is 38.1 Å². The van der Waals surface area contributed by atoms with E-state index < -0.39 is 36.1 Å². The van der Waals surface area contributed by atoms with Crippen molar-refractivity contribution in [3.05, 3.63) is 59.7 Å². The molecule has 8 nitrogen and oxygen atoms in total. The van der Waals surface area contributed by atoms with Crippen LogP contribution in [0.5, 0.6) is 0 Å². The lowest BCUT2D eigenvalue weighted by Gasteiger charge is -2.21. The predicted molar refractivity (Wildman–Crippen MR) is 97.8 cm³/mol. The Morgan fingerprint density at radius 2 is 1.00 bits per heavy atom. The molecule has 0 bridgehead atoms. The highest BCUT2D eigenvalue weighted by Gasteiger charge is 2.27. The summed E-state index contributed by atoms with van der Waals surface area (Å²) in [4.78, 5) is 46.3. The van der Waals surface area contributed by atoms with Crippen LogP contribution in [0, 0.1) is 0 Å². The van der Waals surface area contributed by atoms with Gasteiger partial charge in [0, 0.05) is 13.8 Å². The Hall–Kier alpha value is -3.42. The van der Waals surface area contributed by atoms with Gasteiger partial charge in [-0.05, 0) is 11.1 Å². The molecule has 1 aromatic rings. The number of benzene rings is 1. The van der Waals surface area contributed by atoms with E-state index in [4.69, 9.17) is 9.47 Å². The van der Waals surface area contributed by atoms with Crippen molar-refractivity contribution in [2.24, 2.45) is 0 Å². The first-order valence-electron chi connectivity index (χ1n) is 8.10. The summed E-state index contributed by atoms with van der Waals surface area (Å²) < 4.78 is 19.6. The van der Waals surface area contributed by atoms with Crippen LogP contribution in [0.15, 0.2) is 48.6 Å². The molecule has 28 heavy (non-hydrogen) atoms. The Kier molecular flexibility index (Phi) is 8.12. The van der Waals surface area contributed by atoms with Crippen molar-refractivity contribution in [1.29, 1.82) is 0 Å². The van der Waals surface area contributed by atoms with E-state index in [2.05, 4.69) is 22.6 Å². The summed E-state index contributed by atoms with van der Waals surface area (Å²) in [5.41, 5.74) is 0.723. The molecule has 0 saturated carbocycles. The van der Waals surface area contributed by atoms with E-state index >= 15 is 0 Å². The number of rotatable bonds is 8. The third-order valence-electron chi connectivity index (χ3n) is 3.64. The molecule has 2 atom stereocenters. The number of methoxy groups -OCH3 is 2. The SMILES string of the molecule is C=C(C(=O)OC)C(OC(C)=O)c1ccc(C(OC(C)=O)C(=C)C(=O)OC)cc1. The van der Waals surface area contributed by atoms with Gasteiger partial charge in [0.2, 0.25) is 0 Å². The minimum absolute atomic E-state index is 0.0686. The summed E-state index contributed by atoms with van der Waals surface area (Å²) in [5.74, 6) is -2.69. The zero-order valence-corrected chi connectivity index (χ0v) is 16.1. The van der Waals surface area contributed by atoms with Crippen LogP contribution in [0.2, 0.25) is 0 Å². The molecule has 0 spiro atoms. The molecular formula is C20H22O8. The van der Waals surface area contributed by atoms with Crippen LogP contribution in [0.25, 0.3) is 0 Å². The Morgan fingerprint density at radius 1 is 0.714 bits per heavy atom. The normalized spacial score (nSPS) is 12.1. The van der Waals surface area contributed by atoms with E-state index in [0.717, 1.165) is 0 Å². The van der Waals surface area contributed by atoms with Gasteiger partial charge in [-0.3, -0.25) is 9.59 Å². The highest BCUT2D eigenvalue weighted by Crippen LogP contribution is 2.30. The number of carbonyl (C=O) groups excluding carboxylic acids is 4. The average Bonchev–Trinajstić information content (AvgIpc) is 2.67. The highest BCUT2D eigenvalue weighted by molar-refractivity contribution is 5.90. The summed E-state index contributed by atoms with van der Waals surface area (Å²) >= 11 is 0. The lowest BCUT2D eigenvalue weighted by molar-refractivity contribution is -0.149. The highest BCUT2D eigenvalue weighted by atomic mass is 16.6. The number of hydrogen-bond donors (Lipinski definition) is 0. The van der Waals surface area contributed by atoms with Crippen molar-refractivity contribution in [1.82, 2.24) is 0 Å². The lowest BCUT2D eigenvalue weighted by Crippen LogP contribution is -2.19. The molecule has 8 heteroatoms. The number of hydrogen-bond acceptors (Lipinski definition) is 8. The molecule has 0 aliphatic heterocycles. The van der Waals surface area contributed by atoms with Crippen molar-refractivity contribution < 1.29 is 38.1 Å². The van der Waals surface area contributed by atoms with Gasteiger partial charge < -0.3 is 18.9 Å². The van der Waals surface area contributed by atoms with Crippen molar-refractivity contribution in [3.63, 3.8) is 0 Å². The second-order valence-electron chi connectivity index (χ2n) is 5.68. The molecule has 0 saturated heterocycles. The van der Waals surface area contributed by atoms with Crippen molar-refractivity contribution in [2.75, 3.05) is 14.2 Å². The molecule has 0 heterocycles. The van der Waals surface area contributed by atoms with Crippen LogP contribution in [0.3, 0.4) is 0 Å². The first-order valence-corrected chi connectivity index (χ1v) is 8.10. The molecule has 1 rings (SSSR count). The lowest BCUT2D eigenvalue weighted by atomic mass is 9.97. The van der Waals surface area contributed by atoms with E-state index in [1.165, 1.54) is 52.3 Å². The van der Waals surface area contributed by atoms with Gasteiger partial charge in [0.1, 0.15) is 0 Å². The number of carbonyl (C=O) groups is 4. The summed E-state index contributed by atoms with van der Waals surface area (Å²) in [6, 6.07) is 6.16. The molecule has 0 radical (unpaired) electrons. The monoisotopic (exact) mass is 390 g/mol. The molecular weight excluding hydrogens is 368 g/mol. The van der Waals surface area contributed by atoms with Gasteiger partial charge in [-0.1, -0.05) is 37.4 Å². The third kappa shape index (κ3) is 5.80. The molecule has 0 aromatic heterocycles. The maximum absolute atomic E-state index is 11.8. The van der Waals surface area contributed by atoms with Crippen LogP contribution < -0.4 is 0 Å². The van der Waals surface area contributed by atoms with Gasteiger partial charge in [-0.15, -0.1) is 0 Å². The van der Waals surface area contributed by atoms with E-state index in [1.54, 1.807) is 0 Å². The van der Waals surface area contributed by atoms with Crippen LogP contribution in [0.1, 0.15) is 37.2 Å². The minimum atomic E-state index is -1.06. The summed E-state index contributed by atoms with van der Waals surface area (Å²) in [5, 5.41) is 0. The molecule has 1 aromatic carbocycles. The van der Waals surface area contributed by atoms with Gasteiger partial charge in [0.05, 0.1) is 25.4 Å². The predicted octanol–water partition coefficient (Wildman–Crippen LogP) is 2.35. The van der Waals surface area contributed by atoms with Gasteiger partial charge in [0.15, 0.2) is 12.2 Å². The van der Waals surface area contributed by atoms with Gasteiger partial charge in [0.25, 0.3) is 0 Å². The fourth-order valence-electron chi connectivity index (χ4n) is 2.33. The molecule has 0 aliphatic carbocycles. The van der Waals surface area contributed by atoms with Gasteiger partial charge in [-0.25, -0.2) is 9.59 Å². The maximum atomic E-state index is 11.8. The molecule has 2 unspecified atom stereocenters. The first kappa shape index (κ1) is 22.6. The largest absolute Gasteiger partial charge is 0.466 e. The van der Waals surface area contributed by atoms with Crippen LogP contribution >= 0.6 is 0 Å². The smallest absolute Gasteiger partial charge is 0.337 e. The van der Waals surface area contributed by atoms with Crippen molar-refractivity contribution in [3.8, 4) is 0 Å². The number of ether oxygens (including phenoxy) is 4. The van der Waals surface area contributed by atoms with E-state index in [9.17, 15) is 19.2 Å². The van der Waals surface area contributed by atoms with Crippen molar-refractivity contribution >= 4 is 23.9 Å². The maximum Gasteiger partial charge on any atom is 0.337 e. The zero-order valence-electron chi connectivity index (χ0n) is 16.1. The second kappa shape index (κ2) is 10.1.